The first-order valence-corrected chi connectivity index (χ1v) is 6.08. The van der Waals surface area contributed by atoms with Crippen LogP contribution in [0.1, 0.15) is 12.5 Å². The van der Waals surface area contributed by atoms with Crippen molar-refractivity contribution in [1.82, 2.24) is 9.78 Å². The lowest BCUT2D eigenvalue weighted by atomic mass is 10.0. The zero-order chi connectivity index (χ0) is 13.8. The number of ether oxygens (including phenoxy) is 1. The SMILES string of the molecule is CCOC(=O)Cn1cc(-c2ccc(O)cc2C)cn1. The van der Waals surface area contributed by atoms with Crippen LogP contribution in [0.25, 0.3) is 11.1 Å². The maximum atomic E-state index is 11.4. The van der Waals surface area contributed by atoms with Gasteiger partial charge in [-0.05, 0) is 37.1 Å². The van der Waals surface area contributed by atoms with Crippen molar-refractivity contribution in [2.75, 3.05) is 6.61 Å². The molecule has 0 fully saturated rings. The van der Waals surface area contributed by atoms with Gasteiger partial charge < -0.3 is 9.84 Å². The summed E-state index contributed by atoms with van der Waals surface area (Å²) in [6.07, 6.45) is 3.48. The molecule has 1 aromatic carbocycles. The number of carbonyl (C=O) groups is 1. The first kappa shape index (κ1) is 13.1. The van der Waals surface area contributed by atoms with Crippen molar-refractivity contribution in [2.45, 2.75) is 20.4 Å². The van der Waals surface area contributed by atoms with Gasteiger partial charge in [0, 0.05) is 11.8 Å². The predicted molar refractivity (Wildman–Crippen MR) is 70.7 cm³/mol. The molecule has 0 spiro atoms. The van der Waals surface area contributed by atoms with E-state index in [0.717, 1.165) is 16.7 Å². The maximum Gasteiger partial charge on any atom is 0.327 e. The Kier molecular flexibility index (Phi) is 3.85. The number of carbonyl (C=O) groups excluding carboxylic acids is 1. The van der Waals surface area contributed by atoms with Gasteiger partial charge in [0.05, 0.1) is 12.8 Å². The second-order valence-electron chi connectivity index (χ2n) is 4.23. The number of esters is 1. The normalized spacial score (nSPS) is 10.4. The van der Waals surface area contributed by atoms with Crippen molar-refractivity contribution in [3.05, 3.63) is 36.2 Å². The fourth-order valence-electron chi connectivity index (χ4n) is 1.90. The van der Waals surface area contributed by atoms with E-state index in [1.165, 1.54) is 0 Å². The van der Waals surface area contributed by atoms with Crippen molar-refractivity contribution >= 4 is 5.97 Å². The number of aromatic nitrogens is 2. The molecule has 1 aromatic heterocycles. The molecular weight excluding hydrogens is 244 g/mol. The summed E-state index contributed by atoms with van der Waals surface area (Å²) >= 11 is 0. The Morgan fingerprint density at radius 3 is 2.95 bits per heavy atom. The Labute approximate surface area is 111 Å². The van der Waals surface area contributed by atoms with Crippen molar-refractivity contribution in [1.29, 1.82) is 0 Å². The van der Waals surface area contributed by atoms with E-state index >= 15 is 0 Å². The van der Waals surface area contributed by atoms with E-state index in [1.807, 2.05) is 13.0 Å². The zero-order valence-electron chi connectivity index (χ0n) is 11.0. The summed E-state index contributed by atoms with van der Waals surface area (Å²) in [5.74, 6) is -0.0697. The van der Waals surface area contributed by atoms with Gasteiger partial charge in [-0.2, -0.15) is 5.10 Å². The highest BCUT2D eigenvalue weighted by Crippen LogP contribution is 2.25. The Bertz CT molecular complexity index is 590. The first-order chi connectivity index (χ1) is 9.10. The van der Waals surface area contributed by atoms with Crippen molar-refractivity contribution in [3.63, 3.8) is 0 Å². The minimum atomic E-state index is -0.306. The fourth-order valence-corrected chi connectivity index (χ4v) is 1.90. The topological polar surface area (TPSA) is 64.3 Å². The molecule has 0 amide bonds. The summed E-state index contributed by atoms with van der Waals surface area (Å²) in [6, 6.07) is 5.15. The molecule has 0 aliphatic heterocycles. The first-order valence-electron chi connectivity index (χ1n) is 6.08. The second-order valence-corrected chi connectivity index (χ2v) is 4.23. The number of hydrogen-bond donors (Lipinski definition) is 1. The molecule has 0 aliphatic carbocycles. The highest BCUT2D eigenvalue weighted by Gasteiger charge is 2.08. The third-order valence-electron chi connectivity index (χ3n) is 2.75. The van der Waals surface area contributed by atoms with E-state index in [4.69, 9.17) is 4.74 Å². The lowest BCUT2D eigenvalue weighted by Gasteiger charge is -2.03. The van der Waals surface area contributed by atoms with Crippen LogP contribution in [0.2, 0.25) is 0 Å². The van der Waals surface area contributed by atoms with E-state index in [0.29, 0.717) is 6.61 Å². The van der Waals surface area contributed by atoms with Crippen LogP contribution in [0, 0.1) is 6.92 Å². The number of benzene rings is 1. The van der Waals surface area contributed by atoms with Gasteiger partial charge in [-0.1, -0.05) is 6.07 Å². The van der Waals surface area contributed by atoms with Crippen LogP contribution < -0.4 is 0 Å². The highest BCUT2D eigenvalue weighted by molar-refractivity contribution is 5.70. The molecule has 0 aliphatic rings. The predicted octanol–water partition coefficient (Wildman–Crippen LogP) is 2.13. The third-order valence-corrected chi connectivity index (χ3v) is 2.75. The number of aromatic hydroxyl groups is 1. The molecule has 0 unspecified atom stereocenters. The molecule has 5 nitrogen and oxygen atoms in total. The van der Waals surface area contributed by atoms with Gasteiger partial charge >= 0.3 is 5.97 Å². The van der Waals surface area contributed by atoms with E-state index < -0.39 is 0 Å². The van der Waals surface area contributed by atoms with Gasteiger partial charge in [-0.25, -0.2) is 0 Å². The second kappa shape index (κ2) is 5.56. The fraction of sp³-hybridized carbons (Fsp3) is 0.286. The van der Waals surface area contributed by atoms with Gasteiger partial charge in [0.25, 0.3) is 0 Å². The summed E-state index contributed by atoms with van der Waals surface area (Å²) < 4.78 is 6.41. The number of aryl methyl sites for hydroxylation is 1. The average Bonchev–Trinajstić information content (AvgIpc) is 2.77. The van der Waals surface area contributed by atoms with Crippen LogP contribution in [-0.2, 0) is 16.1 Å². The minimum absolute atomic E-state index is 0.102. The van der Waals surface area contributed by atoms with E-state index in [1.54, 1.807) is 36.1 Å². The van der Waals surface area contributed by atoms with E-state index in [9.17, 15) is 9.90 Å². The van der Waals surface area contributed by atoms with Crippen LogP contribution >= 0.6 is 0 Å². The molecule has 0 saturated carbocycles. The summed E-state index contributed by atoms with van der Waals surface area (Å²) in [5, 5.41) is 13.5. The maximum absolute atomic E-state index is 11.4. The molecule has 100 valence electrons. The molecule has 0 saturated heterocycles. The molecule has 1 N–H and O–H groups in total. The number of nitrogens with zero attached hydrogens (tertiary/aromatic N) is 2. The van der Waals surface area contributed by atoms with Crippen LogP contribution in [0.15, 0.2) is 30.6 Å². The Balaban J connectivity index is 2.18. The zero-order valence-corrected chi connectivity index (χ0v) is 11.0. The van der Waals surface area contributed by atoms with E-state index in [-0.39, 0.29) is 18.3 Å². The standard InChI is InChI=1S/C14H16N2O3/c1-3-19-14(18)9-16-8-11(7-15-16)13-5-4-12(17)6-10(13)2/h4-8,17H,3,9H2,1-2H3. The van der Waals surface area contributed by atoms with Crippen LogP contribution in [0.3, 0.4) is 0 Å². The lowest BCUT2D eigenvalue weighted by Crippen LogP contribution is -2.13. The molecule has 2 rings (SSSR count). The van der Waals surface area contributed by atoms with Gasteiger partial charge in [0.1, 0.15) is 12.3 Å². The van der Waals surface area contributed by atoms with Crippen LogP contribution in [-0.4, -0.2) is 27.5 Å². The lowest BCUT2D eigenvalue weighted by molar-refractivity contribution is -0.144. The number of hydrogen-bond acceptors (Lipinski definition) is 4. The molecule has 2 aromatic rings. The number of phenols is 1. The van der Waals surface area contributed by atoms with Crippen LogP contribution in [0.4, 0.5) is 0 Å². The quantitative estimate of drug-likeness (QED) is 0.855. The van der Waals surface area contributed by atoms with Gasteiger partial charge in [0.15, 0.2) is 0 Å². The average molecular weight is 260 g/mol. The minimum Gasteiger partial charge on any atom is -0.508 e. The van der Waals surface area contributed by atoms with Crippen molar-refractivity contribution < 1.29 is 14.6 Å². The largest absolute Gasteiger partial charge is 0.508 e. The van der Waals surface area contributed by atoms with Gasteiger partial charge in [0.2, 0.25) is 0 Å². The molecular formula is C14H16N2O3. The summed E-state index contributed by atoms with van der Waals surface area (Å²) in [4.78, 5) is 11.4. The van der Waals surface area contributed by atoms with Gasteiger partial charge in [-0.15, -0.1) is 0 Å². The number of phenolic OH excluding ortho intramolecular Hbond substituents is 1. The molecule has 0 atom stereocenters. The molecule has 1 heterocycles. The molecule has 5 heteroatoms. The smallest absolute Gasteiger partial charge is 0.327 e. The van der Waals surface area contributed by atoms with E-state index in [2.05, 4.69) is 5.10 Å². The van der Waals surface area contributed by atoms with Crippen molar-refractivity contribution in [3.8, 4) is 16.9 Å². The molecule has 19 heavy (non-hydrogen) atoms. The molecule has 0 bridgehead atoms. The third kappa shape index (κ3) is 3.13. The number of rotatable bonds is 4. The Hall–Kier alpha value is -2.30. The Morgan fingerprint density at radius 2 is 2.26 bits per heavy atom. The highest BCUT2D eigenvalue weighted by atomic mass is 16.5. The summed E-state index contributed by atoms with van der Waals surface area (Å²) in [7, 11) is 0. The van der Waals surface area contributed by atoms with Crippen LogP contribution in [0.5, 0.6) is 5.75 Å². The summed E-state index contributed by atoms with van der Waals surface area (Å²) in [6.45, 7) is 4.15. The Morgan fingerprint density at radius 1 is 1.47 bits per heavy atom. The van der Waals surface area contributed by atoms with Gasteiger partial charge in [-0.3, -0.25) is 9.48 Å². The van der Waals surface area contributed by atoms with Crippen molar-refractivity contribution in [2.24, 2.45) is 0 Å². The summed E-state index contributed by atoms with van der Waals surface area (Å²) in [5.41, 5.74) is 2.84. The molecule has 0 radical (unpaired) electrons. The monoisotopic (exact) mass is 260 g/mol.